The van der Waals surface area contributed by atoms with Crippen LogP contribution in [-0.2, 0) is 0 Å². The van der Waals surface area contributed by atoms with Crippen molar-refractivity contribution < 1.29 is 4.74 Å². The number of hydrogen-bond acceptors (Lipinski definition) is 8. The van der Waals surface area contributed by atoms with Gasteiger partial charge >= 0.3 is 0 Å². The third-order valence-electron chi connectivity index (χ3n) is 5.27. The summed E-state index contributed by atoms with van der Waals surface area (Å²) >= 11 is 0. The standard InChI is InChI=1S/C21H39N9O/c1-4-5-13-26-21(23)28-30(25)14-18(29(3)24)20(22)17-11-12-19(15(2)27-17)31-16-9-7-6-8-10-16/h11-12,16H,4-10,13-14,22,24-25H2,1-3H3,(H3,23,26,28)/b20-18-. The fraction of sp³-hybridized carbons (Fsp3) is 0.619. The Bertz CT molecular complexity index is 757. The molecule has 2 rings (SSSR count). The van der Waals surface area contributed by atoms with E-state index in [2.05, 4.69) is 22.3 Å². The smallest absolute Gasteiger partial charge is 0.204 e. The molecule has 0 radical (unpaired) electrons. The first-order valence-corrected chi connectivity index (χ1v) is 11.0. The molecule has 1 saturated carbocycles. The lowest BCUT2D eigenvalue weighted by Gasteiger charge is -2.26. The number of unbranched alkanes of at least 4 members (excludes halogenated alkanes) is 1. The van der Waals surface area contributed by atoms with Gasteiger partial charge in [0, 0.05) is 13.6 Å². The monoisotopic (exact) mass is 433 g/mol. The van der Waals surface area contributed by atoms with Crippen molar-refractivity contribution in [3.63, 3.8) is 0 Å². The molecule has 0 amide bonds. The number of hydrogen-bond donors (Lipinski definition) is 5. The van der Waals surface area contributed by atoms with Gasteiger partial charge < -0.3 is 21.2 Å². The summed E-state index contributed by atoms with van der Waals surface area (Å²) in [5, 5.41) is 2.72. The van der Waals surface area contributed by atoms with Gasteiger partial charge in [-0.05, 0) is 51.2 Å². The summed E-state index contributed by atoms with van der Waals surface area (Å²) in [5.41, 5.74) is 17.5. The topological polar surface area (TPSA) is 157 Å². The zero-order chi connectivity index (χ0) is 22.8. The molecule has 0 saturated heterocycles. The second-order valence-corrected chi connectivity index (χ2v) is 7.99. The lowest BCUT2D eigenvalue weighted by atomic mass is 9.98. The van der Waals surface area contributed by atoms with Gasteiger partial charge in [0.15, 0.2) is 0 Å². The van der Waals surface area contributed by atoms with Crippen molar-refractivity contribution in [2.75, 3.05) is 20.1 Å². The van der Waals surface area contributed by atoms with Gasteiger partial charge in [0.25, 0.3) is 0 Å². The average Bonchev–Trinajstić information content (AvgIpc) is 2.73. The fourth-order valence-electron chi connectivity index (χ4n) is 3.46. The van der Waals surface area contributed by atoms with Crippen LogP contribution in [0.3, 0.4) is 0 Å². The zero-order valence-electron chi connectivity index (χ0n) is 19.1. The third-order valence-corrected chi connectivity index (χ3v) is 5.27. The largest absolute Gasteiger partial charge is 0.489 e. The van der Waals surface area contributed by atoms with Gasteiger partial charge in [-0.15, -0.1) is 0 Å². The van der Waals surface area contributed by atoms with Crippen LogP contribution in [0.25, 0.3) is 5.70 Å². The molecule has 1 heterocycles. The summed E-state index contributed by atoms with van der Waals surface area (Å²) in [6.45, 7) is 4.86. The molecule has 0 bridgehead atoms. The molecule has 174 valence electrons. The Hall–Kier alpha value is -2.56. The highest BCUT2D eigenvalue weighted by Gasteiger charge is 2.18. The molecule has 1 fully saturated rings. The number of hydrazine groups is 3. The highest BCUT2D eigenvalue weighted by molar-refractivity contribution is 5.77. The minimum atomic E-state index is 0.198. The van der Waals surface area contributed by atoms with Gasteiger partial charge in [-0.1, -0.05) is 19.8 Å². The van der Waals surface area contributed by atoms with Crippen molar-refractivity contribution in [1.29, 1.82) is 0 Å². The van der Waals surface area contributed by atoms with Gasteiger partial charge in [0.2, 0.25) is 5.96 Å². The number of aryl methyl sites for hydroxylation is 1. The quantitative estimate of drug-likeness (QED) is 0.121. The Kier molecular flexibility index (Phi) is 9.83. The van der Waals surface area contributed by atoms with Gasteiger partial charge in [0.1, 0.15) is 5.75 Å². The van der Waals surface area contributed by atoms with Crippen LogP contribution in [0.5, 0.6) is 5.75 Å². The number of ether oxygens (including phenoxy) is 1. The lowest BCUT2D eigenvalue weighted by molar-refractivity contribution is 0.153. The minimum Gasteiger partial charge on any atom is -0.489 e. The molecule has 1 aromatic heterocycles. The zero-order valence-corrected chi connectivity index (χ0v) is 19.1. The molecule has 9 N–H and O–H groups in total. The predicted octanol–water partition coefficient (Wildman–Crippen LogP) is 1.33. The van der Waals surface area contributed by atoms with E-state index in [9.17, 15) is 0 Å². The summed E-state index contributed by atoms with van der Waals surface area (Å²) in [6, 6.07) is 3.77. The molecule has 1 aliphatic carbocycles. The second-order valence-electron chi connectivity index (χ2n) is 7.99. The highest BCUT2D eigenvalue weighted by atomic mass is 16.5. The maximum Gasteiger partial charge on any atom is 0.204 e. The molecule has 0 aromatic carbocycles. The molecular formula is C21H39N9O. The predicted molar refractivity (Wildman–Crippen MR) is 125 cm³/mol. The van der Waals surface area contributed by atoms with Crippen molar-refractivity contribution in [2.24, 2.45) is 28.1 Å². The molecule has 10 heteroatoms. The Morgan fingerprint density at radius 1 is 1.23 bits per heavy atom. The first-order chi connectivity index (χ1) is 14.8. The number of guanidine groups is 1. The molecule has 0 spiro atoms. The van der Waals surface area contributed by atoms with E-state index in [1.54, 1.807) is 7.05 Å². The summed E-state index contributed by atoms with van der Waals surface area (Å²) in [6.07, 6.45) is 8.17. The number of nitrogens with one attached hydrogen (secondary N) is 1. The van der Waals surface area contributed by atoms with Crippen LogP contribution < -0.4 is 33.3 Å². The summed E-state index contributed by atoms with van der Waals surface area (Å²) in [7, 11) is 1.70. The minimum absolute atomic E-state index is 0.198. The number of pyridine rings is 1. The molecule has 0 unspecified atom stereocenters. The van der Waals surface area contributed by atoms with Crippen LogP contribution in [0.2, 0.25) is 0 Å². The van der Waals surface area contributed by atoms with Gasteiger partial charge in [-0.3, -0.25) is 16.3 Å². The van der Waals surface area contributed by atoms with Crippen molar-refractivity contribution >= 4 is 11.7 Å². The van der Waals surface area contributed by atoms with Crippen molar-refractivity contribution in [1.82, 2.24) is 20.5 Å². The Balaban J connectivity index is 2.10. The molecule has 10 nitrogen and oxygen atoms in total. The number of nitrogens with zero attached hydrogens (tertiary/aromatic N) is 4. The Morgan fingerprint density at radius 3 is 2.55 bits per heavy atom. The first kappa shape index (κ1) is 24.7. The number of nitrogens with two attached hydrogens (primary N) is 4. The Morgan fingerprint density at radius 2 is 1.94 bits per heavy atom. The van der Waals surface area contributed by atoms with Gasteiger partial charge in [-0.2, -0.15) is 5.12 Å². The van der Waals surface area contributed by atoms with Crippen LogP contribution in [0, 0.1) is 6.92 Å². The maximum absolute atomic E-state index is 6.40. The third kappa shape index (κ3) is 7.89. The van der Waals surface area contributed by atoms with Crippen LogP contribution in [0.15, 0.2) is 22.8 Å². The van der Waals surface area contributed by atoms with E-state index in [-0.39, 0.29) is 18.6 Å². The van der Waals surface area contributed by atoms with Crippen LogP contribution >= 0.6 is 0 Å². The van der Waals surface area contributed by atoms with Crippen LogP contribution in [0.1, 0.15) is 63.3 Å². The van der Waals surface area contributed by atoms with E-state index in [4.69, 9.17) is 27.9 Å². The van der Waals surface area contributed by atoms with E-state index in [1.807, 2.05) is 19.1 Å². The van der Waals surface area contributed by atoms with E-state index < -0.39 is 0 Å². The van der Waals surface area contributed by atoms with Crippen molar-refractivity contribution in [3.05, 3.63) is 29.2 Å². The van der Waals surface area contributed by atoms with Crippen LogP contribution in [0.4, 0.5) is 0 Å². The fourth-order valence-corrected chi connectivity index (χ4v) is 3.46. The molecule has 1 aliphatic rings. The SMILES string of the molecule is CCCCN=C(N)NN(N)C/C(=C(/N)c1ccc(OC2CCCCC2)c(C)n1)N(C)N. The number of rotatable bonds is 10. The molecule has 31 heavy (non-hydrogen) atoms. The first-order valence-electron chi connectivity index (χ1n) is 11.0. The highest BCUT2D eigenvalue weighted by Crippen LogP contribution is 2.26. The normalized spacial score (nSPS) is 16.3. The summed E-state index contributed by atoms with van der Waals surface area (Å²) < 4.78 is 6.16. The van der Waals surface area contributed by atoms with E-state index in [0.29, 0.717) is 23.6 Å². The molecule has 0 aliphatic heterocycles. The molecule has 1 aromatic rings. The molecule has 0 atom stereocenters. The summed E-state index contributed by atoms with van der Waals surface area (Å²) in [4.78, 5) is 8.86. The lowest BCUT2D eigenvalue weighted by Crippen LogP contribution is -2.52. The van der Waals surface area contributed by atoms with Gasteiger partial charge in [0.05, 0.1) is 35.4 Å². The number of aliphatic imine (C=N–C) groups is 1. The Labute approximate surface area is 185 Å². The second kappa shape index (κ2) is 12.3. The van der Waals surface area contributed by atoms with E-state index in [1.165, 1.54) is 29.4 Å². The van der Waals surface area contributed by atoms with E-state index in [0.717, 1.165) is 37.1 Å². The van der Waals surface area contributed by atoms with Crippen LogP contribution in [-0.4, -0.2) is 47.3 Å². The van der Waals surface area contributed by atoms with Crippen molar-refractivity contribution in [3.8, 4) is 5.75 Å². The maximum atomic E-state index is 6.40. The van der Waals surface area contributed by atoms with E-state index >= 15 is 0 Å². The molecular weight excluding hydrogens is 394 g/mol. The number of aromatic nitrogens is 1. The average molecular weight is 434 g/mol. The summed E-state index contributed by atoms with van der Waals surface area (Å²) in [5.74, 6) is 13.1. The number of likely N-dealkylation sites (N-methyl/N-ethyl adjacent to an activating group) is 1. The van der Waals surface area contributed by atoms with Gasteiger partial charge in [-0.25, -0.2) is 10.8 Å². The van der Waals surface area contributed by atoms with Crippen molar-refractivity contribution in [2.45, 2.75) is 64.9 Å².